The highest BCUT2D eigenvalue weighted by Gasteiger charge is 2.44. The van der Waals surface area contributed by atoms with Crippen molar-refractivity contribution in [1.82, 2.24) is 5.32 Å². The number of carbonyl (C=O) groups is 2. The molecule has 0 aromatic heterocycles. The number of ether oxygens (including phenoxy) is 3. The Morgan fingerprint density at radius 1 is 1.17 bits per heavy atom. The maximum absolute atomic E-state index is 13.4. The minimum absolute atomic E-state index is 0.0422. The summed E-state index contributed by atoms with van der Waals surface area (Å²) in [6.07, 6.45) is 1.77. The lowest BCUT2D eigenvalue weighted by molar-refractivity contribution is -0.138. The molecule has 30 heavy (non-hydrogen) atoms. The van der Waals surface area contributed by atoms with Gasteiger partial charge in [0.25, 0.3) is 0 Å². The van der Waals surface area contributed by atoms with Crippen LogP contribution in [0.3, 0.4) is 0 Å². The first-order valence-corrected chi connectivity index (χ1v) is 10.4. The van der Waals surface area contributed by atoms with Crippen molar-refractivity contribution in [3.8, 4) is 11.5 Å². The smallest absolute Gasteiger partial charge is 0.336 e. The molecule has 0 unspecified atom stereocenters. The lowest BCUT2D eigenvalue weighted by atomic mass is 9.68. The van der Waals surface area contributed by atoms with Crippen LogP contribution in [0.1, 0.15) is 58.4 Å². The number of hydrogen-bond donors (Lipinski definition) is 1. The van der Waals surface area contributed by atoms with Crippen molar-refractivity contribution in [3.63, 3.8) is 0 Å². The molecule has 0 fully saturated rings. The quantitative estimate of drug-likeness (QED) is 0.703. The highest BCUT2D eigenvalue weighted by Crippen LogP contribution is 2.49. The lowest BCUT2D eigenvalue weighted by Crippen LogP contribution is -2.39. The van der Waals surface area contributed by atoms with Crippen LogP contribution >= 0.6 is 0 Å². The van der Waals surface area contributed by atoms with E-state index in [0.717, 1.165) is 23.4 Å². The second kappa shape index (κ2) is 8.54. The first-order valence-electron chi connectivity index (χ1n) is 10.4. The molecule has 1 atom stereocenters. The molecule has 0 spiro atoms. The Labute approximate surface area is 178 Å². The average Bonchev–Trinajstić information content (AvgIpc) is 2.70. The summed E-state index contributed by atoms with van der Waals surface area (Å²) < 4.78 is 16.5. The number of methoxy groups -OCH3 is 2. The zero-order chi connectivity index (χ0) is 22.1. The number of rotatable bonds is 6. The summed E-state index contributed by atoms with van der Waals surface area (Å²) in [5.74, 6) is 0.297. The van der Waals surface area contributed by atoms with Crippen LogP contribution in [0.5, 0.6) is 11.5 Å². The standard InChI is InChI=1S/C24H31NO5/c1-7-16-22(23(27)30-8-2)20(15-11-14(28-5)9-10-19(15)29-6)21-17(25-16)12-24(3,4)13-18(21)26/h9-11,20,25H,7-8,12-13H2,1-6H3/t20-/m0/s1. The summed E-state index contributed by atoms with van der Waals surface area (Å²) in [6.45, 7) is 8.21. The van der Waals surface area contributed by atoms with E-state index in [1.54, 1.807) is 27.2 Å². The number of hydrogen-bond acceptors (Lipinski definition) is 6. The van der Waals surface area contributed by atoms with Crippen molar-refractivity contribution >= 4 is 11.8 Å². The summed E-state index contributed by atoms with van der Waals surface area (Å²) in [5, 5.41) is 3.41. The van der Waals surface area contributed by atoms with Crippen molar-refractivity contribution < 1.29 is 23.8 Å². The molecule has 0 amide bonds. The minimum atomic E-state index is -0.566. The van der Waals surface area contributed by atoms with Gasteiger partial charge in [0.15, 0.2) is 5.78 Å². The molecule has 162 valence electrons. The van der Waals surface area contributed by atoms with E-state index in [9.17, 15) is 9.59 Å². The van der Waals surface area contributed by atoms with Gasteiger partial charge in [-0.2, -0.15) is 0 Å². The van der Waals surface area contributed by atoms with E-state index in [1.165, 1.54) is 0 Å². The molecule has 2 aliphatic rings. The summed E-state index contributed by atoms with van der Waals surface area (Å²) in [5.41, 5.74) is 3.35. The van der Waals surface area contributed by atoms with Crippen molar-refractivity contribution in [2.45, 2.75) is 52.9 Å². The molecule has 3 rings (SSSR count). The number of carbonyl (C=O) groups excluding carboxylic acids is 2. The molecule has 1 aromatic carbocycles. The molecule has 1 N–H and O–H groups in total. The largest absolute Gasteiger partial charge is 0.497 e. The monoisotopic (exact) mass is 413 g/mol. The fourth-order valence-corrected chi connectivity index (χ4v) is 4.45. The third-order valence-corrected chi connectivity index (χ3v) is 5.72. The summed E-state index contributed by atoms with van der Waals surface area (Å²) in [4.78, 5) is 26.4. The van der Waals surface area contributed by atoms with E-state index in [4.69, 9.17) is 14.2 Å². The molecule has 1 aliphatic heterocycles. The van der Waals surface area contributed by atoms with E-state index in [-0.39, 0.29) is 17.8 Å². The lowest BCUT2D eigenvalue weighted by Gasteiger charge is -2.40. The Morgan fingerprint density at radius 3 is 2.50 bits per heavy atom. The van der Waals surface area contributed by atoms with Gasteiger partial charge in [0.05, 0.1) is 32.3 Å². The first-order chi connectivity index (χ1) is 14.3. The number of Topliss-reactive ketones (excluding diaryl/α,β-unsaturated/α-hetero) is 1. The van der Waals surface area contributed by atoms with Gasteiger partial charge < -0.3 is 19.5 Å². The predicted molar refractivity (Wildman–Crippen MR) is 114 cm³/mol. The number of dihydropyridines is 1. The van der Waals surface area contributed by atoms with Crippen LogP contribution in [0.4, 0.5) is 0 Å². The Hall–Kier alpha value is -2.76. The summed E-state index contributed by atoms with van der Waals surface area (Å²) in [6, 6.07) is 5.46. The van der Waals surface area contributed by atoms with Crippen LogP contribution in [-0.4, -0.2) is 32.6 Å². The highest BCUT2D eigenvalue weighted by molar-refractivity contribution is 6.04. The zero-order valence-electron chi connectivity index (χ0n) is 18.7. The van der Waals surface area contributed by atoms with Gasteiger partial charge in [-0.25, -0.2) is 4.79 Å². The fraction of sp³-hybridized carbons (Fsp3) is 0.500. The summed E-state index contributed by atoms with van der Waals surface area (Å²) in [7, 11) is 3.18. The Balaban J connectivity index is 2.30. The third-order valence-electron chi connectivity index (χ3n) is 5.72. The van der Waals surface area contributed by atoms with Crippen LogP contribution < -0.4 is 14.8 Å². The number of ketones is 1. The SMILES string of the molecule is CCOC(=O)C1=C(CC)NC2=C(C(=O)CC(C)(C)C2)[C@@H]1c1cc(OC)ccc1OC. The Morgan fingerprint density at radius 2 is 1.90 bits per heavy atom. The van der Waals surface area contributed by atoms with Gasteiger partial charge >= 0.3 is 5.97 Å². The van der Waals surface area contributed by atoms with Crippen LogP contribution in [0.2, 0.25) is 0 Å². The first kappa shape index (κ1) is 21.9. The number of benzene rings is 1. The minimum Gasteiger partial charge on any atom is -0.497 e. The second-order valence-corrected chi connectivity index (χ2v) is 8.47. The maximum atomic E-state index is 13.4. The zero-order valence-corrected chi connectivity index (χ0v) is 18.7. The van der Waals surface area contributed by atoms with E-state index in [1.807, 2.05) is 19.1 Å². The fourth-order valence-electron chi connectivity index (χ4n) is 4.45. The molecule has 1 heterocycles. The molecule has 0 saturated carbocycles. The Kier molecular flexibility index (Phi) is 6.25. The van der Waals surface area contributed by atoms with Crippen LogP contribution in [0.15, 0.2) is 40.7 Å². The number of esters is 1. The topological polar surface area (TPSA) is 73.9 Å². The van der Waals surface area contributed by atoms with Gasteiger partial charge in [0.2, 0.25) is 0 Å². The summed E-state index contributed by atoms with van der Waals surface area (Å²) >= 11 is 0. The molecule has 0 bridgehead atoms. The third kappa shape index (κ3) is 3.95. The van der Waals surface area contributed by atoms with E-state index >= 15 is 0 Å². The molecule has 0 radical (unpaired) electrons. The number of allylic oxidation sites excluding steroid dienone is 3. The maximum Gasteiger partial charge on any atom is 0.336 e. The molecular weight excluding hydrogens is 382 g/mol. The molecule has 6 nitrogen and oxygen atoms in total. The Bertz CT molecular complexity index is 926. The van der Waals surface area contributed by atoms with Gasteiger partial charge in [-0.3, -0.25) is 4.79 Å². The predicted octanol–water partition coefficient (Wildman–Crippen LogP) is 4.26. The van der Waals surface area contributed by atoms with Crippen LogP contribution in [0, 0.1) is 5.41 Å². The van der Waals surface area contributed by atoms with E-state index in [2.05, 4.69) is 19.2 Å². The van der Waals surface area contributed by atoms with Crippen molar-refractivity contribution in [3.05, 3.63) is 46.3 Å². The molecule has 0 saturated heterocycles. The van der Waals surface area contributed by atoms with Crippen molar-refractivity contribution in [1.29, 1.82) is 0 Å². The van der Waals surface area contributed by atoms with Gasteiger partial charge in [-0.15, -0.1) is 0 Å². The van der Waals surface area contributed by atoms with E-state index < -0.39 is 11.9 Å². The average molecular weight is 414 g/mol. The van der Waals surface area contributed by atoms with Crippen molar-refractivity contribution in [2.24, 2.45) is 5.41 Å². The van der Waals surface area contributed by atoms with Gasteiger partial charge in [0.1, 0.15) is 11.5 Å². The van der Waals surface area contributed by atoms with Crippen LogP contribution in [-0.2, 0) is 14.3 Å². The van der Waals surface area contributed by atoms with Gasteiger partial charge in [-0.1, -0.05) is 20.8 Å². The van der Waals surface area contributed by atoms with E-state index in [0.29, 0.717) is 35.5 Å². The highest BCUT2D eigenvalue weighted by atomic mass is 16.5. The number of nitrogens with one attached hydrogen (secondary N) is 1. The van der Waals surface area contributed by atoms with Gasteiger partial charge in [0, 0.05) is 29.0 Å². The van der Waals surface area contributed by atoms with Crippen LogP contribution in [0.25, 0.3) is 0 Å². The molecular formula is C24H31NO5. The molecule has 1 aliphatic carbocycles. The molecule has 6 heteroatoms. The second-order valence-electron chi connectivity index (χ2n) is 8.47. The van der Waals surface area contributed by atoms with Gasteiger partial charge in [-0.05, 0) is 43.4 Å². The van der Waals surface area contributed by atoms with Crippen molar-refractivity contribution in [2.75, 3.05) is 20.8 Å². The molecule has 1 aromatic rings. The normalized spacial score (nSPS) is 20.5.